The zero-order chi connectivity index (χ0) is 14.5. The first-order valence-electron chi connectivity index (χ1n) is 5.99. The van der Waals surface area contributed by atoms with Crippen molar-refractivity contribution in [3.63, 3.8) is 0 Å². The Labute approximate surface area is 110 Å². The Morgan fingerprint density at radius 1 is 1.26 bits per heavy atom. The normalized spacial score (nSPS) is 14.9. The average Bonchev–Trinajstić information content (AvgIpc) is 2.34. The number of nitrogens with one attached hydrogen (secondary N) is 1. The summed E-state index contributed by atoms with van der Waals surface area (Å²) in [5.41, 5.74) is 4.32. The molecule has 1 aromatic carbocycles. The molecular weight excluding hydrogens is 257 g/mol. The number of halogens is 3. The lowest BCUT2D eigenvalue weighted by molar-refractivity contribution is -0.137. The quantitative estimate of drug-likeness (QED) is 0.836. The molecule has 3 nitrogen and oxygen atoms in total. The van der Waals surface area contributed by atoms with Gasteiger partial charge in [0.2, 0.25) is 5.91 Å². The van der Waals surface area contributed by atoms with E-state index >= 15 is 0 Å². The van der Waals surface area contributed by atoms with Crippen LogP contribution in [0.4, 0.5) is 13.2 Å². The van der Waals surface area contributed by atoms with Crippen molar-refractivity contribution in [1.82, 2.24) is 5.32 Å². The first-order chi connectivity index (χ1) is 8.82. The average molecular weight is 274 g/mol. The monoisotopic (exact) mass is 274 g/mol. The van der Waals surface area contributed by atoms with Crippen molar-refractivity contribution >= 4 is 5.91 Å². The van der Waals surface area contributed by atoms with E-state index < -0.39 is 24.2 Å². The van der Waals surface area contributed by atoms with Gasteiger partial charge in [-0.2, -0.15) is 13.2 Å². The van der Waals surface area contributed by atoms with Crippen molar-refractivity contribution in [1.29, 1.82) is 0 Å². The first kappa shape index (κ1) is 15.5. The fraction of sp³-hybridized carbons (Fsp3) is 0.462. The Hall–Kier alpha value is -1.56. The molecule has 3 N–H and O–H groups in total. The van der Waals surface area contributed by atoms with Crippen LogP contribution in [0.25, 0.3) is 0 Å². The molecule has 0 spiro atoms. The van der Waals surface area contributed by atoms with Crippen LogP contribution in [-0.2, 0) is 10.3 Å². The second kappa shape index (κ2) is 6.06. The second-order valence-corrected chi connectivity index (χ2v) is 4.35. The summed E-state index contributed by atoms with van der Waals surface area (Å²) in [6, 6.07) is 8.26. The zero-order valence-corrected chi connectivity index (χ0v) is 10.6. The molecule has 0 fully saturated rings. The summed E-state index contributed by atoms with van der Waals surface area (Å²) in [6.07, 6.45) is -3.66. The Bertz CT molecular complexity index is 420. The van der Waals surface area contributed by atoms with Gasteiger partial charge in [0.1, 0.15) is 5.54 Å². The van der Waals surface area contributed by atoms with Gasteiger partial charge in [0.25, 0.3) is 0 Å². The highest BCUT2D eigenvalue weighted by molar-refractivity contribution is 5.86. The lowest BCUT2D eigenvalue weighted by atomic mass is 9.84. The fourth-order valence-electron chi connectivity index (χ4n) is 2.04. The number of carbonyl (C=O) groups excluding carboxylic acids is 1. The van der Waals surface area contributed by atoms with Crippen LogP contribution in [0.1, 0.15) is 25.3 Å². The van der Waals surface area contributed by atoms with Crippen LogP contribution in [0.2, 0.25) is 0 Å². The summed E-state index contributed by atoms with van der Waals surface area (Å²) >= 11 is 0. The van der Waals surface area contributed by atoms with Crippen LogP contribution < -0.4 is 11.1 Å². The summed E-state index contributed by atoms with van der Waals surface area (Å²) < 4.78 is 37.2. The van der Waals surface area contributed by atoms with Crippen LogP contribution in [0.3, 0.4) is 0 Å². The largest absolute Gasteiger partial charge is 0.401 e. The number of hydrogen-bond donors (Lipinski definition) is 2. The maximum Gasteiger partial charge on any atom is 0.401 e. The van der Waals surface area contributed by atoms with Gasteiger partial charge in [-0.25, -0.2) is 0 Å². The topological polar surface area (TPSA) is 55.1 Å². The van der Waals surface area contributed by atoms with Crippen LogP contribution >= 0.6 is 0 Å². The SMILES string of the molecule is CCCC(NCC(F)(F)F)(C(N)=O)c1ccccc1. The predicted octanol–water partition coefficient (Wildman–Crippen LogP) is 2.32. The number of benzene rings is 1. The predicted molar refractivity (Wildman–Crippen MR) is 66.3 cm³/mol. The van der Waals surface area contributed by atoms with E-state index in [2.05, 4.69) is 5.32 Å². The summed E-state index contributed by atoms with van der Waals surface area (Å²) in [4.78, 5) is 11.7. The van der Waals surface area contributed by atoms with Gasteiger partial charge in [-0.05, 0) is 12.0 Å². The molecule has 0 aliphatic rings. The van der Waals surface area contributed by atoms with Crippen molar-refractivity contribution in [2.75, 3.05) is 6.54 Å². The molecule has 1 unspecified atom stereocenters. The molecular formula is C13H17F3N2O. The van der Waals surface area contributed by atoms with Crippen LogP contribution in [-0.4, -0.2) is 18.6 Å². The number of nitrogens with two attached hydrogens (primary N) is 1. The highest BCUT2D eigenvalue weighted by atomic mass is 19.4. The van der Waals surface area contributed by atoms with Crippen molar-refractivity contribution in [2.24, 2.45) is 5.73 Å². The minimum Gasteiger partial charge on any atom is -0.368 e. The van der Waals surface area contributed by atoms with Crippen molar-refractivity contribution in [3.05, 3.63) is 35.9 Å². The van der Waals surface area contributed by atoms with Gasteiger partial charge in [-0.15, -0.1) is 0 Å². The molecule has 1 atom stereocenters. The second-order valence-electron chi connectivity index (χ2n) is 4.35. The van der Waals surface area contributed by atoms with Gasteiger partial charge < -0.3 is 5.73 Å². The Morgan fingerprint density at radius 3 is 2.26 bits per heavy atom. The summed E-state index contributed by atoms with van der Waals surface area (Å²) in [6.45, 7) is 0.529. The number of carbonyl (C=O) groups is 1. The standard InChI is InChI=1S/C13H17F3N2O/c1-2-8-12(11(17)19,18-9-13(14,15)16)10-6-4-3-5-7-10/h3-7,18H,2,8-9H2,1H3,(H2,17,19). The zero-order valence-electron chi connectivity index (χ0n) is 10.6. The minimum absolute atomic E-state index is 0.211. The fourth-order valence-corrected chi connectivity index (χ4v) is 2.04. The molecule has 0 aliphatic heterocycles. The maximum atomic E-state index is 12.4. The van der Waals surface area contributed by atoms with Crippen molar-refractivity contribution in [2.45, 2.75) is 31.5 Å². The third kappa shape index (κ3) is 3.96. The van der Waals surface area contributed by atoms with Gasteiger partial charge in [-0.3, -0.25) is 10.1 Å². The Morgan fingerprint density at radius 2 is 1.84 bits per heavy atom. The molecule has 106 valence electrons. The molecule has 6 heteroatoms. The molecule has 0 radical (unpaired) electrons. The summed E-state index contributed by atoms with van der Waals surface area (Å²) in [5.74, 6) is -0.801. The van der Waals surface area contributed by atoms with Crippen LogP contribution in [0, 0.1) is 0 Å². The van der Waals surface area contributed by atoms with Gasteiger partial charge in [0, 0.05) is 0 Å². The Balaban J connectivity index is 3.11. The summed E-state index contributed by atoms with van der Waals surface area (Å²) in [5, 5.41) is 2.29. The lowest BCUT2D eigenvalue weighted by Crippen LogP contribution is -2.55. The third-order valence-electron chi connectivity index (χ3n) is 2.90. The van der Waals surface area contributed by atoms with Crippen molar-refractivity contribution < 1.29 is 18.0 Å². The van der Waals surface area contributed by atoms with Gasteiger partial charge in [0.15, 0.2) is 0 Å². The molecule has 0 heterocycles. The Kier molecular flexibility index (Phi) is 4.94. The first-order valence-corrected chi connectivity index (χ1v) is 5.99. The van der Waals surface area contributed by atoms with E-state index in [0.717, 1.165) is 0 Å². The van der Waals surface area contributed by atoms with E-state index in [-0.39, 0.29) is 6.42 Å². The number of hydrogen-bond acceptors (Lipinski definition) is 2. The molecule has 19 heavy (non-hydrogen) atoms. The molecule has 1 aromatic rings. The molecule has 0 aromatic heterocycles. The summed E-state index contributed by atoms with van der Waals surface area (Å²) in [7, 11) is 0. The van der Waals surface area contributed by atoms with E-state index in [4.69, 9.17) is 5.73 Å². The number of rotatable bonds is 6. The van der Waals surface area contributed by atoms with E-state index in [0.29, 0.717) is 12.0 Å². The van der Waals surface area contributed by atoms with Crippen LogP contribution in [0.5, 0.6) is 0 Å². The number of alkyl halides is 3. The highest BCUT2D eigenvalue weighted by Gasteiger charge is 2.40. The van der Waals surface area contributed by atoms with E-state index in [1.807, 2.05) is 0 Å². The molecule has 1 rings (SSSR count). The molecule has 1 amide bonds. The number of amides is 1. The smallest absolute Gasteiger partial charge is 0.368 e. The van der Waals surface area contributed by atoms with E-state index in [1.165, 1.54) is 0 Å². The van der Waals surface area contributed by atoms with Gasteiger partial charge >= 0.3 is 6.18 Å². The van der Waals surface area contributed by atoms with Gasteiger partial charge in [0.05, 0.1) is 6.54 Å². The number of primary amides is 1. The van der Waals surface area contributed by atoms with E-state index in [9.17, 15) is 18.0 Å². The lowest BCUT2D eigenvalue weighted by Gasteiger charge is -2.32. The molecule has 0 saturated carbocycles. The third-order valence-corrected chi connectivity index (χ3v) is 2.90. The van der Waals surface area contributed by atoms with Crippen molar-refractivity contribution in [3.8, 4) is 0 Å². The molecule has 0 aliphatic carbocycles. The molecule has 0 bridgehead atoms. The highest BCUT2D eigenvalue weighted by Crippen LogP contribution is 2.28. The van der Waals surface area contributed by atoms with Gasteiger partial charge in [-0.1, -0.05) is 43.7 Å². The minimum atomic E-state index is -4.40. The van der Waals surface area contributed by atoms with Crippen LogP contribution in [0.15, 0.2) is 30.3 Å². The molecule has 0 saturated heterocycles. The van der Waals surface area contributed by atoms with E-state index in [1.54, 1.807) is 37.3 Å². The maximum absolute atomic E-state index is 12.4.